The van der Waals surface area contributed by atoms with Gasteiger partial charge in [0.15, 0.2) is 5.65 Å². The van der Waals surface area contributed by atoms with E-state index in [0.717, 1.165) is 35.2 Å². The highest BCUT2D eigenvalue weighted by Gasteiger charge is 2.24. The largest absolute Gasteiger partial charge is 0.496 e. The van der Waals surface area contributed by atoms with Crippen LogP contribution in [0.5, 0.6) is 5.75 Å². The maximum atomic E-state index is 11.8. The number of benzene rings is 1. The molecule has 0 bridgehead atoms. The summed E-state index contributed by atoms with van der Waals surface area (Å²) in [5.41, 5.74) is 2.33. The SMILES string of the molecule is CCOC(=O)N1CCC(Nc2ncc3c(-c4ccccc4OC)[nH]nc3n2)CC1. The van der Waals surface area contributed by atoms with Crippen molar-refractivity contribution in [1.29, 1.82) is 0 Å². The first-order valence-corrected chi connectivity index (χ1v) is 9.72. The molecule has 0 atom stereocenters. The molecule has 2 aromatic heterocycles. The van der Waals surface area contributed by atoms with Gasteiger partial charge in [-0.25, -0.2) is 9.78 Å². The van der Waals surface area contributed by atoms with Gasteiger partial charge in [0.1, 0.15) is 5.75 Å². The third kappa shape index (κ3) is 3.94. The second kappa shape index (κ2) is 8.34. The minimum atomic E-state index is -0.246. The zero-order valence-electron chi connectivity index (χ0n) is 16.5. The van der Waals surface area contributed by atoms with Crippen LogP contribution in [-0.2, 0) is 4.74 Å². The van der Waals surface area contributed by atoms with Crippen molar-refractivity contribution in [2.75, 3.05) is 32.1 Å². The van der Waals surface area contributed by atoms with Crippen LogP contribution in [-0.4, -0.2) is 64.0 Å². The van der Waals surface area contributed by atoms with Crippen molar-refractivity contribution in [3.8, 4) is 17.0 Å². The predicted octanol–water partition coefficient (Wildman–Crippen LogP) is 3.06. The lowest BCUT2D eigenvalue weighted by molar-refractivity contribution is 0.0983. The third-order valence-electron chi connectivity index (χ3n) is 5.04. The van der Waals surface area contributed by atoms with E-state index in [1.807, 2.05) is 31.2 Å². The molecule has 0 spiro atoms. The number of ether oxygens (including phenoxy) is 2. The summed E-state index contributed by atoms with van der Waals surface area (Å²) in [4.78, 5) is 22.6. The number of anilines is 1. The van der Waals surface area contributed by atoms with Crippen molar-refractivity contribution < 1.29 is 14.3 Å². The lowest BCUT2D eigenvalue weighted by Crippen LogP contribution is -2.42. The molecular formula is C20H24N6O3. The van der Waals surface area contributed by atoms with E-state index in [1.165, 1.54) is 0 Å². The molecule has 1 fully saturated rings. The van der Waals surface area contributed by atoms with E-state index in [9.17, 15) is 4.79 Å². The number of aromatic nitrogens is 4. The fourth-order valence-corrected chi connectivity index (χ4v) is 3.53. The summed E-state index contributed by atoms with van der Waals surface area (Å²) in [6, 6.07) is 7.94. The zero-order chi connectivity index (χ0) is 20.2. The average Bonchev–Trinajstić information content (AvgIpc) is 3.17. The molecule has 0 unspecified atom stereocenters. The van der Waals surface area contributed by atoms with Crippen molar-refractivity contribution in [2.24, 2.45) is 0 Å². The van der Waals surface area contributed by atoms with Gasteiger partial charge in [-0.2, -0.15) is 10.1 Å². The smallest absolute Gasteiger partial charge is 0.409 e. The van der Waals surface area contributed by atoms with E-state index in [-0.39, 0.29) is 12.1 Å². The van der Waals surface area contributed by atoms with Gasteiger partial charge in [0.05, 0.1) is 24.8 Å². The summed E-state index contributed by atoms with van der Waals surface area (Å²) >= 11 is 0. The lowest BCUT2D eigenvalue weighted by atomic mass is 10.1. The number of carbonyl (C=O) groups excluding carboxylic acids is 1. The fraction of sp³-hybridized carbons (Fsp3) is 0.400. The molecule has 1 aliphatic rings. The van der Waals surface area contributed by atoms with E-state index in [1.54, 1.807) is 18.2 Å². The molecule has 3 aromatic rings. The van der Waals surface area contributed by atoms with Crippen molar-refractivity contribution in [3.05, 3.63) is 30.5 Å². The van der Waals surface area contributed by atoms with E-state index < -0.39 is 0 Å². The molecule has 0 radical (unpaired) electrons. The molecule has 1 aromatic carbocycles. The molecule has 9 heteroatoms. The number of amides is 1. The number of nitrogens with zero attached hydrogens (tertiary/aromatic N) is 4. The number of hydrogen-bond donors (Lipinski definition) is 2. The summed E-state index contributed by atoms with van der Waals surface area (Å²) < 4.78 is 10.5. The Bertz CT molecular complexity index is 997. The quantitative estimate of drug-likeness (QED) is 0.683. The van der Waals surface area contributed by atoms with E-state index >= 15 is 0 Å². The normalized spacial score (nSPS) is 14.8. The average molecular weight is 396 g/mol. The van der Waals surface area contributed by atoms with Crippen molar-refractivity contribution in [2.45, 2.75) is 25.8 Å². The third-order valence-corrected chi connectivity index (χ3v) is 5.04. The van der Waals surface area contributed by atoms with Crippen LogP contribution in [0.25, 0.3) is 22.3 Å². The first-order valence-electron chi connectivity index (χ1n) is 9.72. The number of rotatable bonds is 5. The van der Waals surface area contributed by atoms with Crippen LogP contribution in [0, 0.1) is 0 Å². The topological polar surface area (TPSA) is 105 Å². The van der Waals surface area contributed by atoms with Crippen molar-refractivity contribution >= 4 is 23.1 Å². The van der Waals surface area contributed by atoms with Gasteiger partial charge in [-0.3, -0.25) is 5.10 Å². The number of hydrogen-bond acceptors (Lipinski definition) is 7. The van der Waals surface area contributed by atoms with Crippen LogP contribution in [0.15, 0.2) is 30.5 Å². The number of likely N-dealkylation sites (tertiary alicyclic amines) is 1. The number of nitrogens with one attached hydrogen (secondary N) is 2. The number of para-hydroxylation sites is 1. The van der Waals surface area contributed by atoms with Gasteiger partial charge in [-0.05, 0) is 31.9 Å². The summed E-state index contributed by atoms with van der Waals surface area (Å²) in [7, 11) is 1.64. The Hall–Kier alpha value is -3.36. The van der Waals surface area contributed by atoms with Gasteiger partial charge < -0.3 is 19.7 Å². The van der Waals surface area contributed by atoms with Crippen LogP contribution in [0.1, 0.15) is 19.8 Å². The summed E-state index contributed by atoms with van der Waals surface area (Å²) in [5.74, 6) is 1.29. The first-order chi connectivity index (χ1) is 14.2. The molecule has 3 heterocycles. The minimum Gasteiger partial charge on any atom is -0.496 e. The Labute approximate surface area is 168 Å². The zero-order valence-corrected chi connectivity index (χ0v) is 16.5. The van der Waals surface area contributed by atoms with Crippen LogP contribution < -0.4 is 10.1 Å². The molecule has 1 saturated heterocycles. The van der Waals surface area contributed by atoms with Gasteiger partial charge >= 0.3 is 6.09 Å². The summed E-state index contributed by atoms with van der Waals surface area (Å²) in [6.07, 6.45) is 3.15. The molecule has 9 nitrogen and oxygen atoms in total. The van der Waals surface area contributed by atoms with Gasteiger partial charge in [-0.15, -0.1) is 0 Å². The molecule has 1 amide bonds. The van der Waals surface area contributed by atoms with Crippen molar-refractivity contribution in [3.63, 3.8) is 0 Å². The Kier molecular flexibility index (Phi) is 5.46. The van der Waals surface area contributed by atoms with Crippen molar-refractivity contribution in [1.82, 2.24) is 25.1 Å². The maximum Gasteiger partial charge on any atom is 0.409 e. The molecule has 4 rings (SSSR count). The van der Waals surface area contributed by atoms with Gasteiger partial charge in [-0.1, -0.05) is 12.1 Å². The fourth-order valence-electron chi connectivity index (χ4n) is 3.53. The highest BCUT2D eigenvalue weighted by molar-refractivity contribution is 5.92. The maximum absolute atomic E-state index is 11.8. The number of fused-ring (bicyclic) bond motifs is 1. The van der Waals surface area contributed by atoms with Crippen LogP contribution in [0.2, 0.25) is 0 Å². The Balaban J connectivity index is 1.46. The number of carbonyl (C=O) groups is 1. The molecule has 29 heavy (non-hydrogen) atoms. The monoisotopic (exact) mass is 396 g/mol. The second-order valence-corrected chi connectivity index (χ2v) is 6.83. The number of H-pyrrole nitrogens is 1. The first kappa shape index (κ1) is 19.0. The van der Waals surface area contributed by atoms with Crippen LogP contribution in [0.3, 0.4) is 0 Å². The number of piperidine rings is 1. The molecule has 0 saturated carbocycles. The molecule has 152 valence electrons. The van der Waals surface area contributed by atoms with E-state index in [2.05, 4.69) is 25.5 Å². The van der Waals surface area contributed by atoms with Crippen LogP contribution in [0.4, 0.5) is 10.7 Å². The summed E-state index contributed by atoms with van der Waals surface area (Å²) in [5, 5.41) is 11.6. The highest BCUT2D eigenvalue weighted by atomic mass is 16.6. The molecular weight excluding hydrogens is 372 g/mol. The lowest BCUT2D eigenvalue weighted by Gasteiger charge is -2.31. The van der Waals surface area contributed by atoms with E-state index in [4.69, 9.17) is 9.47 Å². The molecule has 2 N–H and O–H groups in total. The Morgan fingerprint density at radius 3 is 2.86 bits per heavy atom. The van der Waals surface area contributed by atoms with E-state index in [0.29, 0.717) is 31.3 Å². The highest BCUT2D eigenvalue weighted by Crippen LogP contribution is 2.32. The standard InChI is InChI=1S/C20H24N6O3/c1-3-29-20(27)26-10-8-13(9-11-26)22-19-21-12-15-17(24-25-18(15)23-19)14-6-4-5-7-16(14)28-2/h4-7,12-13H,3,8-11H2,1-2H3,(H2,21,22,23,24,25). The number of methoxy groups -OCH3 is 1. The van der Waals surface area contributed by atoms with Crippen LogP contribution >= 0.6 is 0 Å². The molecule has 0 aliphatic carbocycles. The Morgan fingerprint density at radius 2 is 2.10 bits per heavy atom. The second-order valence-electron chi connectivity index (χ2n) is 6.83. The predicted molar refractivity (Wildman–Crippen MR) is 109 cm³/mol. The molecule has 1 aliphatic heterocycles. The van der Waals surface area contributed by atoms with Gasteiger partial charge in [0.25, 0.3) is 0 Å². The van der Waals surface area contributed by atoms with Gasteiger partial charge in [0.2, 0.25) is 5.95 Å². The Morgan fingerprint density at radius 1 is 1.31 bits per heavy atom. The van der Waals surface area contributed by atoms with Gasteiger partial charge in [0, 0.05) is 30.9 Å². The number of aromatic amines is 1. The minimum absolute atomic E-state index is 0.200. The summed E-state index contributed by atoms with van der Waals surface area (Å²) in [6.45, 7) is 3.51.